The number of nitriles is 1. The minimum atomic E-state index is -0.0670. The van der Waals surface area contributed by atoms with Crippen LogP contribution in [0.1, 0.15) is 66.5 Å². The van der Waals surface area contributed by atoms with Crippen LogP contribution >= 0.6 is 0 Å². The molecule has 0 spiro atoms. The molecule has 0 radical (unpaired) electrons. The van der Waals surface area contributed by atoms with E-state index in [1.54, 1.807) is 6.20 Å². The van der Waals surface area contributed by atoms with Gasteiger partial charge in [-0.15, -0.1) is 0 Å². The van der Waals surface area contributed by atoms with E-state index >= 15 is 0 Å². The van der Waals surface area contributed by atoms with Gasteiger partial charge in [-0.3, -0.25) is 5.10 Å². The summed E-state index contributed by atoms with van der Waals surface area (Å²) in [4.78, 5) is 7.23. The van der Waals surface area contributed by atoms with E-state index in [0.29, 0.717) is 35.5 Å². The topological polar surface area (TPSA) is 130 Å². The highest BCUT2D eigenvalue weighted by atomic mass is 16.5. The highest BCUT2D eigenvalue weighted by Crippen LogP contribution is 2.44. The van der Waals surface area contributed by atoms with E-state index in [9.17, 15) is 5.26 Å². The summed E-state index contributed by atoms with van der Waals surface area (Å²) < 4.78 is 12.3. The van der Waals surface area contributed by atoms with Gasteiger partial charge in [-0.1, -0.05) is 18.1 Å². The number of H-pyrrole nitrogens is 1. The number of fused-ring (bicyclic) bond motifs is 2. The number of aromatic amines is 1. The van der Waals surface area contributed by atoms with Crippen LogP contribution in [0.5, 0.6) is 5.88 Å². The molecule has 3 aromatic heterocycles. The van der Waals surface area contributed by atoms with Crippen LogP contribution in [0.2, 0.25) is 0 Å². The van der Waals surface area contributed by atoms with Crippen LogP contribution in [0.25, 0.3) is 22.3 Å². The Labute approximate surface area is 215 Å². The Bertz CT molecular complexity index is 1500. The molecule has 1 saturated heterocycles. The standard InChI is InChI=1S/C28H31N7O2/c1-3-16-9-10-22(30)20(13-29)25(16)18-7-4-8-19-26(34-37-27(18)19)24-12-23-21(14-31-33-23)28(32-24)36-15-17-6-5-11-35(17)2/h9-10,12,14,17-18H,3-8,11,15,30H2,1-2H3,(H,31,33). The molecule has 0 saturated carbocycles. The van der Waals surface area contributed by atoms with Crippen molar-refractivity contribution in [3.63, 3.8) is 0 Å². The lowest BCUT2D eigenvalue weighted by Crippen LogP contribution is -2.30. The van der Waals surface area contributed by atoms with Crippen molar-refractivity contribution in [2.24, 2.45) is 0 Å². The number of nitrogens with two attached hydrogens (primary N) is 1. The number of nitrogens with one attached hydrogen (secondary N) is 1. The fraction of sp³-hybridized carbons (Fsp3) is 0.429. The number of nitrogens with zero attached hydrogens (tertiary/aromatic N) is 5. The zero-order chi connectivity index (χ0) is 25.5. The Hall–Kier alpha value is -3.90. The van der Waals surface area contributed by atoms with E-state index in [1.165, 1.54) is 6.42 Å². The summed E-state index contributed by atoms with van der Waals surface area (Å²) >= 11 is 0. The third-order valence-corrected chi connectivity index (χ3v) is 7.99. The van der Waals surface area contributed by atoms with Gasteiger partial charge in [-0.05, 0) is 75.4 Å². The van der Waals surface area contributed by atoms with Crippen molar-refractivity contribution in [3.05, 3.63) is 52.4 Å². The summed E-state index contributed by atoms with van der Waals surface area (Å²) in [5, 5.41) is 22.6. The van der Waals surface area contributed by atoms with Gasteiger partial charge in [0, 0.05) is 23.2 Å². The molecule has 9 heteroatoms. The Balaban J connectivity index is 1.40. The third-order valence-electron chi connectivity index (χ3n) is 7.99. The number of ether oxygens (including phenoxy) is 1. The smallest absolute Gasteiger partial charge is 0.225 e. The highest BCUT2D eigenvalue weighted by Gasteiger charge is 2.33. The zero-order valence-electron chi connectivity index (χ0n) is 21.3. The van der Waals surface area contributed by atoms with Crippen molar-refractivity contribution in [1.82, 2.24) is 25.2 Å². The van der Waals surface area contributed by atoms with Crippen molar-refractivity contribution in [2.75, 3.05) is 25.9 Å². The minimum Gasteiger partial charge on any atom is -0.475 e. The maximum atomic E-state index is 9.92. The average molecular weight is 498 g/mol. The number of rotatable bonds is 6. The summed E-state index contributed by atoms with van der Waals surface area (Å²) in [6, 6.07) is 8.53. The first-order valence-electron chi connectivity index (χ1n) is 13.1. The second-order valence-corrected chi connectivity index (χ2v) is 10.1. The average Bonchev–Trinajstić information content (AvgIpc) is 3.66. The molecule has 4 heterocycles. The number of likely N-dealkylation sites (N-methyl/N-ethyl adjacent to an activating group) is 1. The second-order valence-electron chi connectivity index (χ2n) is 10.1. The quantitative estimate of drug-likeness (QED) is 0.371. The Morgan fingerprint density at radius 1 is 1.30 bits per heavy atom. The lowest BCUT2D eigenvalue weighted by atomic mass is 9.78. The third kappa shape index (κ3) is 4.02. The zero-order valence-corrected chi connectivity index (χ0v) is 21.3. The first kappa shape index (κ1) is 23.5. The van der Waals surface area contributed by atoms with Crippen LogP contribution in [0.3, 0.4) is 0 Å². The first-order valence-corrected chi connectivity index (χ1v) is 13.1. The maximum absolute atomic E-state index is 9.92. The van der Waals surface area contributed by atoms with Crippen molar-refractivity contribution in [1.29, 1.82) is 5.26 Å². The van der Waals surface area contributed by atoms with Crippen molar-refractivity contribution in [3.8, 4) is 23.3 Å². The molecular weight excluding hydrogens is 466 g/mol. The number of likely N-dealkylation sites (tertiary alicyclic amines) is 1. The largest absolute Gasteiger partial charge is 0.475 e. The first-order chi connectivity index (χ1) is 18.1. The lowest BCUT2D eigenvalue weighted by molar-refractivity contribution is 0.195. The van der Waals surface area contributed by atoms with E-state index in [2.05, 4.69) is 40.3 Å². The fourth-order valence-electron chi connectivity index (χ4n) is 5.95. The van der Waals surface area contributed by atoms with Gasteiger partial charge < -0.3 is 19.9 Å². The summed E-state index contributed by atoms with van der Waals surface area (Å²) in [6.45, 7) is 3.77. The van der Waals surface area contributed by atoms with Gasteiger partial charge in [-0.2, -0.15) is 10.4 Å². The fourth-order valence-corrected chi connectivity index (χ4v) is 5.95. The van der Waals surface area contributed by atoms with Crippen LogP contribution in [-0.2, 0) is 12.8 Å². The molecule has 1 fully saturated rings. The van der Waals surface area contributed by atoms with Gasteiger partial charge >= 0.3 is 0 Å². The molecule has 0 amide bonds. The molecule has 0 bridgehead atoms. The summed E-state index contributed by atoms with van der Waals surface area (Å²) in [6.07, 6.45) is 7.54. The van der Waals surface area contributed by atoms with E-state index in [0.717, 1.165) is 77.7 Å². The predicted molar refractivity (Wildman–Crippen MR) is 140 cm³/mol. The molecular formula is C28H31N7O2. The summed E-state index contributed by atoms with van der Waals surface area (Å²) in [7, 11) is 2.14. The monoisotopic (exact) mass is 497 g/mol. The van der Waals surface area contributed by atoms with E-state index in [4.69, 9.17) is 20.0 Å². The van der Waals surface area contributed by atoms with Crippen molar-refractivity contribution in [2.45, 2.75) is 57.4 Å². The molecule has 1 aliphatic carbocycles. The Morgan fingerprint density at radius 2 is 2.19 bits per heavy atom. The normalized spacial score (nSPS) is 19.7. The van der Waals surface area contributed by atoms with Crippen LogP contribution in [-0.4, -0.2) is 51.5 Å². The molecule has 6 rings (SSSR count). The van der Waals surface area contributed by atoms with Crippen molar-refractivity contribution < 1.29 is 9.26 Å². The molecule has 1 aliphatic heterocycles. The van der Waals surface area contributed by atoms with Gasteiger partial charge in [0.15, 0.2) is 0 Å². The molecule has 2 atom stereocenters. The van der Waals surface area contributed by atoms with Gasteiger partial charge in [0.05, 0.1) is 28.4 Å². The molecule has 4 aromatic rings. The Kier molecular flexibility index (Phi) is 6.05. The molecule has 9 nitrogen and oxygen atoms in total. The SMILES string of the molecule is CCc1ccc(N)c(C#N)c1C1CCCc2c(-c3cc4[nH]ncc4c(OCC4CCCN4C)n3)noc21. The van der Waals surface area contributed by atoms with Crippen LogP contribution in [0.4, 0.5) is 5.69 Å². The lowest BCUT2D eigenvalue weighted by Gasteiger charge is -2.24. The number of aryl methyl sites for hydroxylation is 1. The number of hydrogen-bond donors (Lipinski definition) is 2. The maximum Gasteiger partial charge on any atom is 0.225 e. The van der Waals surface area contributed by atoms with Gasteiger partial charge in [0.2, 0.25) is 5.88 Å². The van der Waals surface area contributed by atoms with E-state index < -0.39 is 0 Å². The Morgan fingerprint density at radius 3 is 2.97 bits per heavy atom. The molecule has 1 aromatic carbocycles. The number of anilines is 1. The van der Waals surface area contributed by atoms with Crippen LogP contribution in [0.15, 0.2) is 28.9 Å². The number of aromatic nitrogens is 4. The van der Waals surface area contributed by atoms with Gasteiger partial charge in [-0.25, -0.2) is 4.98 Å². The van der Waals surface area contributed by atoms with Crippen LogP contribution in [0, 0.1) is 11.3 Å². The minimum absolute atomic E-state index is 0.0670. The molecule has 37 heavy (non-hydrogen) atoms. The van der Waals surface area contributed by atoms with E-state index in [-0.39, 0.29) is 5.92 Å². The molecule has 2 unspecified atom stereocenters. The summed E-state index contributed by atoms with van der Waals surface area (Å²) in [5.74, 6) is 1.30. The highest BCUT2D eigenvalue weighted by molar-refractivity contribution is 5.86. The van der Waals surface area contributed by atoms with Gasteiger partial charge in [0.25, 0.3) is 0 Å². The number of nitrogen functional groups attached to an aromatic ring is 1. The van der Waals surface area contributed by atoms with Crippen molar-refractivity contribution >= 4 is 16.6 Å². The second kappa shape index (κ2) is 9.52. The molecule has 3 N–H and O–H groups in total. The number of pyridine rings is 1. The molecule has 2 aliphatic rings. The van der Waals surface area contributed by atoms with Crippen LogP contribution < -0.4 is 10.5 Å². The number of hydrogen-bond acceptors (Lipinski definition) is 8. The summed E-state index contributed by atoms with van der Waals surface area (Å²) in [5.41, 5.74) is 12.6. The predicted octanol–water partition coefficient (Wildman–Crippen LogP) is 4.57. The van der Waals surface area contributed by atoms with E-state index in [1.807, 2.05) is 18.2 Å². The van der Waals surface area contributed by atoms with Gasteiger partial charge in [0.1, 0.15) is 24.1 Å². The molecule has 190 valence electrons. The number of benzene rings is 1.